The van der Waals surface area contributed by atoms with Crippen molar-refractivity contribution >= 4 is 23.1 Å². The number of hydrogen-bond acceptors (Lipinski definition) is 5. The van der Waals surface area contributed by atoms with Crippen molar-refractivity contribution in [1.29, 1.82) is 0 Å². The highest BCUT2D eigenvalue weighted by molar-refractivity contribution is 6.33. The van der Waals surface area contributed by atoms with Gasteiger partial charge in [0.1, 0.15) is 5.82 Å². The summed E-state index contributed by atoms with van der Waals surface area (Å²) in [5.41, 5.74) is 9.51. The van der Waals surface area contributed by atoms with E-state index in [1.165, 1.54) is 0 Å². The second kappa shape index (κ2) is 6.49. The van der Waals surface area contributed by atoms with Crippen molar-refractivity contribution in [3.63, 3.8) is 0 Å². The van der Waals surface area contributed by atoms with Crippen LogP contribution in [0.4, 0.5) is 11.5 Å². The number of rotatable bonds is 5. The lowest BCUT2D eigenvalue weighted by molar-refractivity contribution is 0.160. The summed E-state index contributed by atoms with van der Waals surface area (Å²) in [6.45, 7) is 0.277. The predicted molar refractivity (Wildman–Crippen MR) is 75.7 cm³/mol. The van der Waals surface area contributed by atoms with E-state index in [9.17, 15) is 0 Å². The van der Waals surface area contributed by atoms with E-state index in [0.717, 1.165) is 11.3 Å². The van der Waals surface area contributed by atoms with Crippen LogP contribution in [-0.2, 0) is 0 Å². The van der Waals surface area contributed by atoms with E-state index >= 15 is 0 Å². The molecule has 0 aliphatic carbocycles. The Morgan fingerprint density at radius 1 is 1.26 bits per heavy atom. The summed E-state index contributed by atoms with van der Waals surface area (Å²) >= 11 is 6.05. The third kappa shape index (κ3) is 3.65. The zero-order valence-corrected chi connectivity index (χ0v) is 10.9. The van der Waals surface area contributed by atoms with E-state index < -0.39 is 0 Å². The zero-order valence-electron chi connectivity index (χ0n) is 10.2. The zero-order chi connectivity index (χ0) is 13.7. The second-order valence-electron chi connectivity index (χ2n) is 4.05. The Morgan fingerprint density at radius 3 is 2.68 bits per heavy atom. The molecule has 1 atom stereocenters. The van der Waals surface area contributed by atoms with Gasteiger partial charge in [-0.15, -0.1) is 0 Å². The summed E-state index contributed by atoms with van der Waals surface area (Å²) < 4.78 is 0. The molecule has 0 amide bonds. The van der Waals surface area contributed by atoms with Gasteiger partial charge in [-0.05, 0) is 23.8 Å². The quantitative estimate of drug-likeness (QED) is 0.632. The molecular formula is C13H15ClN4O. The summed E-state index contributed by atoms with van der Waals surface area (Å²) in [6, 6.07) is 10.8. The van der Waals surface area contributed by atoms with E-state index in [4.69, 9.17) is 22.5 Å². The SMILES string of the molecule is NC(CNO)c1ccc(Nc2ccccc2Cl)nc1. The van der Waals surface area contributed by atoms with E-state index in [2.05, 4.69) is 10.3 Å². The van der Waals surface area contributed by atoms with Gasteiger partial charge in [0.2, 0.25) is 0 Å². The third-order valence-corrected chi connectivity index (χ3v) is 2.99. The maximum absolute atomic E-state index is 8.60. The second-order valence-corrected chi connectivity index (χ2v) is 4.46. The Bertz CT molecular complexity index is 532. The van der Waals surface area contributed by atoms with E-state index in [-0.39, 0.29) is 12.6 Å². The largest absolute Gasteiger partial charge is 0.339 e. The van der Waals surface area contributed by atoms with E-state index in [1.54, 1.807) is 12.3 Å². The van der Waals surface area contributed by atoms with Crippen LogP contribution in [-0.4, -0.2) is 16.7 Å². The normalized spacial score (nSPS) is 12.2. The number of pyridine rings is 1. The Labute approximate surface area is 116 Å². The van der Waals surface area contributed by atoms with Crippen LogP contribution in [0, 0.1) is 0 Å². The topological polar surface area (TPSA) is 83.2 Å². The number of halogens is 1. The highest BCUT2D eigenvalue weighted by Crippen LogP contribution is 2.24. The molecule has 2 rings (SSSR count). The number of para-hydroxylation sites is 1. The lowest BCUT2D eigenvalue weighted by atomic mass is 10.1. The van der Waals surface area contributed by atoms with Gasteiger partial charge in [0.15, 0.2) is 0 Å². The first kappa shape index (κ1) is 13.8. The van der Waals surface area contributed by atoms with Gasteiger partial charge in [-0.2, -0.15) is 0 Å². The Kier molecular flexibility index (Phi) is 4.70. The molecule has 0 spiro atoms. The number of nitrogens with one attached hydrogen (secondary N) is 2. The van der Waals surface area contributed by atoms with Crippen molar-refractivity contribution in [2.75, 3.05) is 11.9 Å². The maximum atomic E-state index is 8.60. The average Bonchev–Trinajstić information content (AvgIpc) is 2.42. The van der Waals surface area contributed by atoms with Crippen LogP contribution < -0.4 is 16.5 Å². The van der Waals surface area contributed by atoms with Crippen molar-refractivity contribution < 1.29 is 5.21 Å². The molecular weight excluding hydrogens is 264 g/mol. The molecule has 1 aromatic carbocycles. The Hall–Kier alpha value is -1.66. The predicted octanol–water partition coefficient (Wildman–Crippen LogP) is 2.46. The maximum Gasteiger partial charge on any atom is 0.130 e. The lowest BCUT2D eigenvalue weighted by Gasteiger charge is -2.12. The first-order chi connectivity index (χ1) is 9.20. The van der Waals surface area contributed by atoms with Gasteiger partial charge in [-0.3, -0.25) is 0 Å². The van der Waals surface area contributed by atoms with Gasteiger partial charge in [0.05, 0.1) is 10.7 Å². The van der Waals surface area contributed by atoms with Crippen LogP contribution in [0.15, 0.2) is 42.6 Å². The van der Waals surface area contributed by atoms with Crippen molar-refractivity contribution in [2.24, 2.45) is 5.73 Å². The first-order valence-corrected chi connectivity index (χ1v) is 6.18. The minimum Gasteiger partial charge on any atom is -0.339 e. The summed E-state index contributed by atoms with van der Waals surface area (Å²) in [5, 5.41) is 12.4. The molecule has 0 radical (unpaired) electrons. The highest BCUT2D eigenvalue weighted by Gasteiger charge is 2.06. The number of aromatic nitrogens is 1. The van der Waals surface area contributed by atoms with Gasteiger partial charge in [-0.1, -0.05) is 29.8 Å². The molecule has 0 fully saturated rings. The summed E-state index contributed by atoms with van der Waals surface area (Å²) in [6.07, 6.45) is 1.67. The van der Waals surface area contributed by atoms with Crippen LogP contribution >= 0.6 is 11.6 Å². The van der Waals surface area contributed by atoms with Gasteiger partial charge in [-0.25, -0.2) is 10.5 Å². The van der Waals surface area contributed by atoms with Crippen molar-refractivity contribution in [1.82, 2.24) is 10.5 Å². The molecule has 0 saturated carbocycles. The van der Waals surface area contributed by atoms with Gasteiger partial charge in [0.25, 0.3) is 0 Å². The number of nitrogens with two attached hydrogens (primary N) is 1. The summed E-state index contributed by atoms with van der Waals surface area (Å²) in [7, 11) is 0. The fraction of sp³-hybridized carbons (Fsp3) is 0.154. The van der Waals surface area contributed by atoms with Crippen LogP contribution in [0.3, 0.4) is 0 Å². The lowest BCUT2D eigenvalue weighted by Crippen LogP contribution is -2.24. The molecule has 2 aromatic rings. The first-order valence-electron chi connectivity index (χ1n) is 5.80. The smallest absolute Gasteiger partial charge is 0.130 e. The standard InChI is InChI=1S/C13H15ClN4O/c14-10-3-1-2-4-12(10)18-13-6-5-9(7-16-13)11(15)8-17-19/h1-7,11,17,19H,8,15H2,(H,16,18). The van der Waals surface area contributed by atoms with Gasteiger partial charge < -0.3 is 16.3 Å². The summed E-state index contributed by atoms with van der Waals surface area (Å²) in [4.78, 5) is 4.26. The molecule has 0 aliphatic rings. The Balaban J connectivity index is 2.09. The molecule has 6 heteroatoms. The van der Waals surface area contributed by atoms with Crippen LogP contribution in [0.1, 0.15) is 11.6 Å². The van der Waals surface area contributed by atoms with Crippen molar-refractivity contribution in [3.8, 4) is 0 Å². The van der Waals surface area contributed by atoms with Crippen molar-refractivity contribution in [3.05, 3.63) is 53.2 Å². The Morgan fingerprint density at radius 2 is 2.05 bits per heavy atom. The molecule has 5 nitrogen and oxygen atoms in total. The molecule has 5 N–H and O–H groups in total. The molecule has 0 saturated heterocycles. The molecule has 1 heterocycles. The fourth-order valence-electron chi connectivity index (χ4n) is 1.62. The van der Waals surface area contributed by atoms with Gasteiger partial charge in [0, 0.05) is 18.8 Å². The highest BCUT2D eigenvalue weighted by atomic mass is 35.5. The molecule has 1 unspecified atom stereocenters. The average molecular weight is 279 g/mol. The van der Waals surface area contributed by atoms with Crippen LogP contribution in [0.5, 0.6) is 0 Å². The summed E-state index contributed by atoms with van der Waals surface area (Å²) in [5.74, 6) is 0.681. The van der Waals surface area contributed by atoms with Crippen molar-refractivity contribution in [2.45, 2.75) is 6.04 Å². The number of nitrogens with zero attached hydrogens (tertiary/aromatic N) is 1. The molecule has 0 bridgehead atoms. The molecule has 100 valence electrons. The number of hydroxylamine groups is 1. The number of benzene rings is 1. The molecule has 0 aliphatic heterocycles. The third-order valence-electron chi connectivity index (χ3n) is 2.66. The molecule has 19 heavy (non-hydrogen) atoms. The number of hydrogen-bond donors (Lipinski definition) is 4. The fourth-order valence-corrected chi connectivity index (χ4v) is 1.80. The minimum absolute atomic E-state index is 0.277. The monoisotopic (exact) mass is 278 g/mol. The molecule has 1 aromatic heterocycles. The van der Waals surface area contributed by atoms with Crippen LogP contribution in [0.2, 0.25) is 5.02 Å². The minimum atomic E-state index is -0.299. The van der Waals surface area contributed by atoms with E-state index in [0.29, 0.717) is 10.8 Å². The van der Waals surface area contributed by atoms with E-state index in [1.807, 2.05) is 35.8 Å². The van der Waals surface area contributed by atoms with Crippen LogP contribution in [0.25, 0.3) is 0 Å². The number of anilines is 2. The van der Waals surface area contributed by atoms with Gasteiger partial charge >= 0.3 is 0 Å².